The molecule has 2 saturated heterocycles. The van der Waals surface area contributed by atoms with E-state index in [0.29, 0.717) is 11.5 Å². The van der Waals surface area contributed by atoms with E-state index in [4.69, 9.17) is 15.2 Å². The van der Waals surface area contributed by atoms with Gasteiger partial charge in [0.2, 0.25) is 5.91 Å². The molecule has 2 aliphatic rings. The quantitative estimate of drug-likeness (QED) is 0.790. The van der Waals surface area contributed by atoms with Crippen LogP contribution in [0.4, 0.5) is 10.6 Å². The molecule has 0 atom stereocenters. The summed E-state index contributed by atoms with van der Waals surface area (Å²) in [6.07, 6.45) is 5.39. The third-order valence-corrected chi connectivity index (χ3v) is 5.63. The molecule has 0 radical (unpaired) electrons. The highest BCUT2D eigenvalue weighted by molar-refractivity contribution is 5.92. The lowest BCUT2D eigenvalue weighted by Gasteiger charge is -2.35. The zero-order valence-electron chi connectivity index (χ0n) is 18.3. The highest BCUT2D eigenvalue weighted by atomic mass is 16.6. The molecule has 2 aliphatic heterocycles. The van der Waals surface area contributed by atoms with Gasteiger partial charge < -0.3 is 25.0 Å². The average Bonchev–Trinajstić information content (AvgIpc) is 2.72. The van der Waals surface area contributed by atoms with Gasteiger partial charge in [0.25, 0.3) is 0 Å². The van der Waals surface area contributed by atoms with Gasteiger partial charge in [-0.3, -0.25) is 4.79 Å². The maximum Gasteiger partial charge on any atom is 0.410 e. The van der Waals surface area contributed by atoms with Gasteiger partial charge in [-0.2, -0.15) is 0 Å². The summed E-state index contributed by atoms with van der Waals surface area (Å²) in [4.78, 5) is 31.7. The third kappa shape index (κ3) is 6.32. The van der Waals surface area contributed by atoms with Crippen molar-refractivity contribution < 1.29 is 19.1 Å². The predicted octanol–water partition coefficient (Wildman–Crippen LogP) is 2.81. The maximum atomic E-state index is 12.2. The number of carbonyl (C=O) groups is 2. The summed E-state index contributed by atoms with van der Waals surface area (Å²) >= 11 is 0. The number of likely N-dealkylation sites (tertiary alicyclic amines) is 1. The molecule has 2 N–H and O–H groups in total. The zero-order chi connectivity index (χ0) is 21.7. The fourth-order valence-corrected chi connectivity index (χ4v) is 3.85. The molecule has 0 unspecified atom stereocenters. The highest BCUT2D eigenvalue weighted by Crippen LogP contribution is 2.23. The van der Waals surface area contributed by atoms with Crippen LogP contribution in [-0.4, -0.2) is 66.4 Å². The predicted molar refractivity (Wildman–Crippen MR) is 114 cm³/mol. The van der Waals surface area contributed by atoms with Crippen molar-refractivity contribution in [2.24, 2.45) is 11.7 Å². The van der Waals surface area contributed by atoms with Gasteiger partial charge in [-0.15, -0.1) is 0 Å². The number of hydrogen-bond acceptors (Lipinski definition) is 6. The first-order valence-corrected chi connectivity index (χ1v) is 10.8. The van der Waals surface area contributed by atoms with E-state index in [0.717, 1.165) is 64.3 Å². The summed E-state index contributed by atoms with van der Waals surface area (Å²) in [5.74, 6) is 0.899. The number of aromatic nitrogens is 1. The number of hydrogen-bond donors (Lipinski definition) is 1. The summed E-state index contributed by atoms with van der Waals surface area (Å²) in [7, 11) is 0. The van der Waals surface area contributed by atoms with E-state index < -0.39 is 11.5 Å². The van der Waals surface area contributed by atoms with Crippen molar-refractivity contribution >= 4 is 17.8 Å². The number of primary amides is 1. The Morgan fingerprint density at radius 2 is 1.77 bits per heavy atom. The molecule has 1 aromatic heterocycles. The second kappa shape index (κ2) is 9.64. The highest BCUT2D eigenvalue weighted by Gasteiger charge is 2.28. The maximum absolute atomic E-state index is 12.2. The number of ether oxygens (including phenoxy) is 2. The van der Waals surface area contributed by atoms with E-state index in [2.05, 4.69) is 9.88 Å². The molecule has 0 spiro atoms. The lowest BCUT2D eigenvalue weighted by molar-refractivity contribution is -0.00840. The smallest absolute Gasteiger partial charge is 0.410 e. The summed E-state index contributed by atoms with van der Waals surface area (Å²) in [6.45, 7) is 9.64. The summed E-state index contributed by atoms with van der Waals surface area (Å²) in [5.41, 5.74) is 5.24. The number of pyridine rings is 1. The molecule has 0 saturated carbocycles. The Hall–Kier alpha value is -2.35. The third-order valence-electron chi connectivity index (χ3n) is 5.63. The van der Waals surface area contributed by atoms with Crippen molar-refractivity contribution in [3.63, 3.8) is 0 Å². The normalized spacial score (nSPS) is 19.0. The molecule has 0 aromatic carbocycles. The van der Waals surface area contributed by atoms with E-state index in [1.165, 1.54) is 6.20 Å². The lowest BCUT2D eigenvalue weighted by atomic mass is 9.98. The minimum Gasteiger partial charge on any atom is -0.444 e. The molecule has 2 amide bonds. The van der Waals surface area contributed by atoms with Crippen LogP contribution in [0.15, 0.2) is 18.3 Å². The fourth-order valence-electron chi connectivity index (χ4n) is 3.85. The van der Waals surface area contributed by atoms with Crippen LogP contribution in [-0.2, 0) is 9.47 Å². The van der Waals surface area contributed by atoms with Crippen LogP contribution in [0.5, 0.6) is 0 Å². The minimum absolute atomic E-state index is 0.216. The summed E-state index contributed by atoms with van der Waals surface area (Å²) in [6, 6.07) is 3.57. The SMILES string of the molecule is CC(C)(C)OC(=O)N1CCC(COC2CCN(c3ccc(C(N)=O)cn3)CC2)CC1. The molecule has 8 nitrogen and oxygen atoms in total. The largest absolute Gasteiger partial charge is 0.444 e. The average molecular weight is 419 g/mol. The van der Waals surface area contributed by atoms with Gasteiger partial charge in [-0.1, -0.05) is 0 Å². The van der Waals surface area contributed by atoms with Crippen LogP contribution in [0, 0.1) is 5.92 Å². The van der Waals surface area contributed by atoms with E-state index in [1.54, 1.807) is 11.0 Å². The molecule has 1 aromatic rings. The zero-order valence-corrected chi connectivity index (χ0v) is 18.3. The number of rotatable bonds is 5. The lowest BCUT2D eigenvalue weighted by Crippen LogP contribution is -2.43. The van der Waals surface area contributed by atoms with Gasteiger partial charge in [0, 0.05) is 39.0 Å². The van der Waals surface area contributed by atoms with Crippen LogP contribution in [0.2, 0.25) is 0 Å². The molecular formula is C22H34N4O4. The van der Waals surface area contributed by atoms with Gasteiger partial charge in [0.15, 0.2) is 0 Å². The monoisotopic (exact) mass is 418 g/mol. The van der Waals surface area contributed by atoms with Crippen LogP contribution in [0.3, 0.4) is 0 Å². The van der Waals surface area contributed by atoms with Gasteiger partial charge in [0.1, 0.15) is 11.4 Å². The second-order valence-electron chi connectivity index (χ2n) is 9.20. The fraction of sp³-hybridized carbons (Fsp3) is 0.682. The molecule has 166 valence electrons. The van der Waals surface area contributed by atoms with Crippen molar-refractivity contribution in [1.82, 2.24) is 9.88 Å². The first kappa shape index (κ1) is 22.3. The molecule has 0 bridgehead atoms. The van der Waals surface area contributed by atoms with Gasteiger partial charge in [-0.05, 0) is 64.5 Å². The van der Waals surface area contributed by atoms with Gasteiger partial charge >= 0.3 is 6.09 Å². The van der Waals surface area contributed by atoms with E-state index >= 15 is 0 Å². The topological polar surface area (TPSA) is 98.0 Å². The van der Waals surface area contributed by atoms with E-state index in [9.17, 15) is 9.59 Å². The van der Waals surface area contributed by atoms with Gasteiger partial charge in [0.05, 0.1) is 11.7 Å². The Balaban J connectivity index is 1.35. The Kier molecular flexibility index (Phi) is 7.18. The van der Waals surface area contributed by atoms with Crippen molar-refractivity contribution in [1.29, 1.82) is 0 Å². The Labute approximate surface area is 178 Å². The van der Waals surface area contributed by atoms with Crippen LogP contribution >= 0.6 is 0 Å². The molecule has 3 rings (SSSR count). The number of nitrogens with zero attached hydrogens (tertiary/aromatic N) is 3. The first-order chi connectivity index (χ1) is 14.2. The minimum atomic E-state index is -0.460. The molecule has 8 heteroatoms. The second-order valence-corrected chi connectivity index (χ2v) is 9.20. The molecule has 30 heavy (non-hydrogen) atoms. The number of anilines is 1. The van der Waals surface area contributed by atoms with Crippen molar-refractivity contribution in [3.05, 3.63) is 23.9 Å². The van der Waals surface area contributed by atoms with Gasteiger partial charge in [-0.25, -0.2) is 9.78 Å². The number of piperidine rings is 2. The molecule has 2 fully saturated rings. The summed E-state index contributed by atoms with van der Waals surface area (Å²) in [5, 5.41) is 0. The standard InChI is InChI=1S/C22H34N4O4/c1-22(2,3)30-21(28)26-10-6-16(7-11-26)15-29-18-8-12-25(13-9-18)19-5-4-17(14-24-19)20(23)27/h4-5,14,16,18H,6-13,15H2,1-3H3,(H2,23,27). The first-order valence-electron chi connectivity index (χ1n) is 10.8. The summed E-state index contributed by atoms with van der Waals surface area (Å²) < 4.78 is 11.6. The van der Waals surface area contributed by atoms with Crippen molar-refractivity contribution in [3.8, 4) is 0 Å². The molecule has 3 heterocycles. The van der Waals surface area contributed by atoms with Crippen molar-refractivity contribution in [2.45, 2.75) is 58.2 Å². The van der Waals surface area contributed by atoms with Crippen LogP contribution in [0.25, 0.3) is 0 Å². The van der Waals surface area contributed by atoms with Crippen molar-refractivity contribution in [2.75, 3.05) is 37.7 Å². The van der Waals surface area contributed by atoms with E-state index in [1.807, 2.05) is 26.8 Å². The number of amides is 2. The number of carbonyl (C=O) groups excluding carboxylic acids is 2. The molecular weight excluding hydrogens is 384 g/mol. The Morgan fingerprint density at radius 3 is 2.30 bits per heavy atom. The molecule has 0 aliphatic carbocycles. The van der Waals surface area contributed by atoms with Crippen LogP contribution < -0.4 is 10.6 Å². The number of nitrogens with two attached hydrogens (primary N) is 1. The van der Waals surface area contributed by atoms with E-state index in [-0.39, 0.29) is 12.2 Å². The Bertz CT molecular complexity index is 716. The van der Waals surface area contributed by atoms with Crippen LogP contribution in [0.1, 0.15) is 56.8 Å². The Morgan fingerprint density at radius 1 is 1.10 bits per heavy atom.